The van der Waals surface area contributed by atoms with Gasteiger partial charge < -0.3 is 15.2 Å². The summed E-state index contributed by atoms with van der Waals surface area (Å²) < 4.78 is 18.7. The Balaban J connectivity index is 1.88. The van der Waals surface area contributed by atoms with Gasteiger partial charge in [0.05, 0.1) is 18.6 Å². The van der Waals surface area contributed by atoms with E-state index in [1.165, 1.54) is 12.1 Å². The van der Waals surface area contributed by atoms with Crippen molar-refractivity contribution >= 4 is 5.91 Å². The fourth-order valence-electron chi connectivity index (χ4n) is 2.29. The average molecular weight is 331 g/mol. The van der Waals surface area contributed by atoms with Gasteiger partial charge >= 0.3 is 0 Å². The summed E-state index contributed by atoms with van der Waals surface area (Å²) in [5, 5.41) is 12.9. The fraction of sp³-hybridized carbons (Fsp3) is 0.316. The Morgan fingerprint density at radius 2 is 1.96 bits per heavy atom. The number of benzene rings is 2. The van der Waals surface area contributed by atoms with E-state index in [9.17, 15) is 14.3 Å². The molecule has 2 rings (SSSR count). The van der Waals surface area contributed by atoms with Crippen LogP contribution in [0.4, 0.5) is 4.39 Å². The second-order valence-corrected chi connectivity index (χ2v) is 5.87. The number of nitrogens with one attached hydrogen (secondary N) is 1. The van der Waals surface area contributed by atoms with Crippen LogP contribution in [0.5, 0.6) is 5.75 Å². The van der Waals surface area contributed by atoms with E-state index < -0.39 is 6.10 Å². The molecule has 0 aliphatic rings. The highest BCUT2D eigenvalue weighted by Crippen LogP contribution is 2.20. The number of rotatable bonds is 7. The van der Waals surface area contributed by atoms with E-state index in [0.29, 0.717) is 16.9 Å². The van der Waals surface area contributed by atoms with E-state index >= 15 is 0 Å². The molecule has 0 aliphatic carbocycles. The summed E-state index contributed by atoms with van der Waals surface area (Å²) in [6.45, 7) is 3.94. The normalized spacial score (nSPS) is 12.0. The van der Waals surface area contributed by atoms with Crippen molar-refractivity contribution in [1.29, 1.82) is 0 Å². The molecular formula is C19H22FNO3. The highest BCUT2D eigenvalue weighted by Gasteiger charge is 2.11. The fourth-order valence-corrected chi connectivity index (χ4v) is 2.29. The van der Waals surface area contributed by atoms with E-state index in [1.807, 2.05) is 19.9 Å². The molecule has 0 bridgehead atoms. The van der Waals surface area contributed by atoms with Gasteiger partial charge in [-0.2, -0.15) is 0 Å². The van der Waals surface area contributed by atoms with Crippen LogP contribution in [0.3, 0.4) is 0 Å². The van der Waals surface area contributed by atoms with Gasteiger partial charge in [0.2, 0.25) is 5.91 Å². The number of halogens is 1. The Morgan fingerprint density at radius 3 is 2.67 bits per heavy atom. The maximum absolute atomic E-state index is 13.1. The van der Waals surface area contributed by atoms with Crippen molar-refractivity contribution in [2.45, 2.75) is 32.5 Å². The molecule has 0 heterocycles. The standard InChI is InChI=1S/C19H22FNO3/c1-13(2)24-17-8-4-6-15(11-17)18(22)12-21-19(23)10-14-5-3-7-16(20)9-14/h3-9,11,13,18,22H,10,12H2,1-2H3,(H,21,23). The molecular weight excluding hydrogens is 309 g/mol. The molecule has 2 aromatic carbocycles. The van der Waals surface area contributed by atoms with Gasteiger partial charge in [0.15, 0.2) is 0 Å². The van der Waals surface area contributed by atoms with Crippen LogP contribution in [-0.2, 0) is 11.2 Å². The molecule has 128 valence electrons. The van der Waals surface area contributed by atoms with Crippen LogP contribution < -0.4 is 10.1 Å². The van der Waals surface area contributed by atoms with Crippen LogP contribution in [0, 0.1) is 5.82 Å². The largest absolute Gasteiger partial charge is 0.491 e. The Kier molecular flexibility index (Phi) is 6.32. The quantitative estimate of drug-likeness (QED) is 0.820. The molecule has 0 aliphatic heterocycles. The predicted molar refractivity (Wildman–Crippen MR) is 90.3 cm³/mol. The van der Waals surface area contributed by atoms with Crippen molar-refractivity contribution in [3.63, 3.8) is 0 Å². The predicted octanol–water partition coefficient (Wildman–Crippen LogP) is 3.01. The third-order valence-corrected chi connectivity index (χ3v) is 3.36. The summed E-state index contributed by atoms with van der Waals surface area (Å²) in [7, 11) is 0. The van der Waals surface area contributed by atoms with Crippen LogP contribution in [-0.4, -0.2) is 23.7 Å². The van der Waals surface area contributed by atoms with Gasteiger partial charge in [-0.3, -0.25) is 4.79 Å². The molecule has 1 unspecified atom stereocenters. The third kappa shape index (κ3) is 5.66. The monoisotopic (exact) mass is 331 g/mol. The van der Waals surface area contributed by atoms with Gasteiger partial charge in [-0.25, -0.2) is 4.39 Å². The first kappa shape index (κ1) is 17.9. The van der Waals surface area contributed by atoms with Crippen LogP contribution in [0.2, 0.25) is 0 Å². The highest BCUT2D eigenvalue weighted by atomic mass is 19.1. The molecule has 0 saturated carbocycles. The average Bonchev–Trinajstić information content (AvgIpc) is 2.52. The van der Waals surface area contributed by atoms with Crippen LogP contribution in [0.1, 0.15) is 31.1 Å². The number of aliphatic hydroxyl groups is 1. The Bertz CT molecular complexity index is 688. The van der Waals surface area contributed by atoms with E-state index in [0.717, 1.165) is 0 Å². The lowest BCUT2D eigenvalue weighted by Gasteiger charge is -2.15. The molecule has 2 aromatic rings. The first-order chi connectivity index (χ1) is 11.4. The summed E-state index contributed by atoms with van der Waals surface area (Å²) in [4.78, 5) is 11.9. The van der Waals surface area contributed by atoms with E-state index in [1.54, 1.807) is 30.3 Å². The molecule has 5 heteroatoms. The number of aliphatic hydroxyl groups excluding tert-OH is 1. The third-order valence-electron chi connectivity index (χ3n) is 3.36. The second kappa shape index (κ2) is 8.45. The van der Waals surface area contributed by atoms with Crippen molar-refractivity contribution < 1.29 is 19.0 Å². The van der Waals surface area contributed by atoms with Gasteiger partial charge in [-0.1, -0.05) is 24.3 Å². The molecule has 1 amide bonds. The molecule has 2 N–H and O–H groups in total. The zero-order valence-electron chi connectivity index (χ0n) is 13.8. The van der Waals surface area contributed by atoms with E-state index in [4.69, 9.17) is 4.74 Å². The zero-order chi connectivity index (χ0) is 17.5. The molecule has 4 nitrogen and oxygen atoms in total. The molecule has 0 spiro atoms. The van der Waals surface area contributed by atoms with Crippen LogP contribution in [0.25, 0.3) is 0 Å². The summed E-state index contributed by atoms with van der Waals surface area (Å²) in [6.07, 6.45) is -0.721. The molecule has 0 fully saturated rings. The molecule has 0 aromatic heterocycles. The zero-order valence-corrected chi connectivity index (χ0v) is 13.8. The number of ether oxygens (including phenoxy) is 1. The topological polar surface area (TPSA) is 58.6 Å². The van der Waals surface area contributed by atoms with Gasteiger partial charge in [-0.15, -0.1) is 0 Å². The lowest BCUT2D eigenvalue weighted by molar-refractivity contribution is -0.120. The first-order valence-corrected chi connectivity index (χ1v) is 7.90. The molecule has 1 atom stereocenters. The van der Waals surface area contributed by atoms with Crippen LogP contribution in [0.15, 0.2) is 48.5 Å². The molecule has 24 heavy (non-hydrogen) atoms. The second-order valence-electron chi connectivity index (χ2n) is 5.87. The van der Waals surface area contributed by atoms with Gasteiger partial charge in [0, 0.05) is 6.54 Å². The summed E-state index contributed by atoms with van der Waals surface area (Å²) in [5.41, 5.74) is 1.26. The minimum atomic E-state index is -0.836. The van der Waals surface area contributed by atoms with Crippen molar-refractivity contribution in [2.75, 3.05) is 6.54 Å². The van der Waals surface area contributed by atoms with Crippen molar-refractivity contribution in [2.24, 2.45) is 0 Å². The molecule has 0 saturated heterocycles. The highest BCUT2D eigenvalue weighted by molar-refractivity contribution is 5.78. The van der Waals surface area contributed by atoms with Crippen molar-refractivity contribution in [1.82, 2.24) is 5.32 Å². The number of amides is 1. The van der Waals surface area contributed by atoms with Crippen molar-refractivity contribution in [3.8, 4) is 5.75 Å². The van der Waals surface area contributed by atoms with E-state index in [2.05, 4.69) is 5.32 Å². The maximum Gasteiger partial charge on any atom is 0.224 e. The minimum absolute atomic E-state index is 0.0448. The Labute approximate surface area is 141 Å². The van der Waals surface area contributed by atoms with Crippen LogP contribution >= 0.6 is 0 Å². The number of carbonyl (C=O) groups excluding carboxylic acids is 1. The summed E-state index contributed by atoms with van der Waals surface area (Å²) in [5.74, 6) is 0.0316. The smallest absolute Gasteiger partial charge is 0.224 e. The first-order valence-electron chi connectivity index (χ1n) is 7.90. The van der Waals surface area contributed by atoms with Crippen molar-refractivity contribution in [3.05, 3.63) is 65.5 Å². The minimum Gasteiger partial charge on any atom is -0.491 e. The Morgan fingerprint density at radius 1 is 1.21 bits per heavy atom. The lowest BCUT2D eigenvalue weighted by Crippen LogP contribution is -2.29. The Hall–Kier alpha value is -2.40. The SMILES string of the molecule is CC(C)Oc1cccc(C(O)CNC(=O)Cc2cccc(F)c2)c1. The summed E-state index contributed by atoms with van der Waals surface area (Å²) >= 11 is 0. The lowest BCUT2D eigenvalue weighted by atomic mass is 10.1. The number of hydrogen-bond acceptors (Lipinski definition) is 3. The maximum atomic E-state index is 13.1. The number of hydrogen-bond donors (Lipinski definition) is 2. The van der Waals surface area contributed by atoms with Gasteiger partial charge in [0.1, 0.15) is 11.6 Å². The van der Waals surface area contributed by atoms with Gasteiger partial charge in [-0.05, 0) is 49.2 Å². The van der Waals surface area contributed by atoms with E-state index in [-0.39, 0.29) is 30.8 Å². The van der Waals surface area contributed by atoms with Gasteiger partial charge in [0.25, 0.3) is 0 Å². The number of carbonyl (C=O) groups is 1. The summed E-state index contributed by atoms with van der Waals surface area (Å²) in [6, 6.07) is 13.0. The molecule has 0 radical (unpaired) electrons.